The summed E-state index contributed by atoms with van der Waals surface area (Å²) in [6.45, 7) is 2.93. The molecule has 0 heterocycles. The highest BCUT2D eigenvalue weighted by Gasteiger charge is 2.30. The molecule has 2 saturated carbocycles. The highest BCUT2D eigenvalue weighted by atomic mass is 16.5. The summed E-state index contributed by atoms with van der Waals surface area (Å²) in [5.74, 6) is 4.62. The Kier molecular flexibility index (Phi) is 9.13. The van der Waals surface area contributed by atoms with Crippen molar-refractivity contribution in [2.75, 3.05) is 6.61 Å². The van der Waals surface area contributed by atoms with Crippen molar-refractivity contribution in [1.29, 1.82) is 5.26 Å². The molecule has 0 radical (unpaired) electrons. The van der Waals surface area contributed by atoms with Gasteiger partial charge in [0.1, 0.15) is 12.4 Å². The molecule has 29 heavy (non-hydrogen) atoms. The molecule has 0 saturated heterocycles. The third kappa shape index (κ3) is 7.22. The van der Waals surface area contributed by atoms with Crippen LogP contribution in [0.5, 0.6) is 5.75 Å². The number of allylic oxidation sites excluding steroid dienone is 1. The number of nitrogens with zero attached hydrogens (tertiary/aromatic N) is 1. The molecule has 2 heteroatoms. The van der Waals surface area contributed by atoms with Crippen LogP contribution in [-0.2, 0) is 0 Å². The Hall–Kier alpha value is -1.75. The van der Waals surface area contributed by atoms with Gasteiger partial charge in [0.05, 0.1) is 11.6 Å². The van der Waals surface area contributed by atoms with Gasteiger partial charge in [-0.1, -0.05) is 57.6 Å². The minimum absolute atomic E-state index is 0.619. The van der Waals surface area contributed by atoms with Crippen LogP contribution in [0.2, 0.25) is 0 Å². The van der Waals surface area contributed by atoms with E-state index in [9.17, 15) is 0 Å². The van der Waals surface area contributed by atoms with E-state index in [0.717, 1.165) is 29.4 Å². The zero-order valence-electron chi connectivity index (χ0n) is 18.3. The summed E-state index contributed by atoms with van der Waals surface area (Å²) in [7, 11) is 0. The molecule has 0 aromatic heterocycles. The van der Waals surface area contributed by atoms with Crippen molar-refractivity contribution in [1.82, 2.24) is 0 Å². The van der Waals surface area contributed by atoms with Gasteiger partial charge in [0.15, 0.2) is 0 Å². The van der Waals surface area contributed by atoms with Crippen LogP contribution in [0.1, 0.15) is 89.5 Å². The van der Waals surface area contributed by atoms with Crippen LogP contribution in [0, 0.1) is 35.0 Å². The predicted octanol–water partition coefficient (Wildman–Crippen LogP) is 7.69. The topological polar surface area (TPSA) is 33.0 Å². The molecule has 0 atom stereocenters. The monoisotopic (exact) mass is 393 g/mol. The molecule has 2 fully saturated rings. The summed E-state index contributed by atoms with van der Waals surface area (Å²) < 4.78 is 5.76. The summed E-state index contributed by atoms with van der Waals surface area (Å²) in [5, 5.41) is 8.84. The van der Waals surface area contributed by atoms with Crippen molar-refractivity contribution in [3.8, 4) is 11.8 Å². The molecule has 2 aliphatic carbocycles. The molecule has 0 N–H and O–H groups in total. The number of hydrogen-bond acceptors (Lipinski definition) is 2. The Morgan fingerprint density at radius 2 is 1.59 bits per heavy atom. The van der Waals surface area contributed by atoms with Crippen LogP contribution in [0.3, 0.4) is 0 Å². The largest absolute Gasteiger partial charge is 0.490 e. The standard InChI is InChI=1S/C27H39NO/c1-2-3-4-6-22-8-14-25(15-9-22)26-16-10-23(11-17-26)7-5-20-29-27-18-12-24(21-28)13-19-27/h5,7,12-13,18-19,22-23,25-26H,2-4,6,8-11,14-17,20H2,1H3/b7-5+. The van der Waals surface area contributed by atoms with Gasteiger partial charge in [-0.2, -0.15) is 5.26 Å². The van der Waals surface area contributed by atoms with Gasteiger partial charge >= 0.3 is 0 Å². The van der Waals surface area contributed by atoms with Crippen molar-refractivity contribution in [3.05, 3.63) is 42.0 Å². The van der Waals surface area contributed by atoms with Crippen molar-refractivity contribution in [2.45, 2.75) is 84.0 Å². The zero-order chi connectivity index (χ0) is 20.3. The lowest BCUT2D eigenvalue weighted by Gasteiger charge is -2.37. The number of nitriles is 1. The van der Waals surface area contributed by atoms with Gasteiger partial charge in [-0.3, -0.25) is 0 Å². The van der Waals surface area contributed by atoms with Crippen molar-refractivity contribution in [3.63, 3.8) is 0 Å². The Labute approximate surface area is 178 Å². The SMILES string of the molecule is CCCCCC1CCC(C2CCC(/C=C/COc3ccc(C#N)cc3)CC2)CC1. The quantitative estimate of drug-likeness (QED) is 0.318. The van der Waals surface area contributed by atoms with Crippen molar-refractivity contribution < 1.29 is 4.74 Å². The van der Waals surface area contributed by atoms with Crippen LogP contribution in [0.25, 0.3) is 0 Å². The molecular weight excluding hydrogens is 354 g/mol. The average molecular weight is 394 g/mol. The molecule has 158 valence electrons. The molecule has 0 amide bonds. The highest BCUT2D eigenvalue weighted by Crippen LogP contribution is 2.42. The first kappa shape index (κ1) is 21.9. The lowest BCUT2D eigenvalue weighted by molar-refractivity contribution is 0.151. The fourth-order valence-electron chi connectivity index (χ4n) is 5.46. The van der Waals surface area contributed by atoms with Crippen LogP contribution in [0.15, 0.2) is 36.4 Å². The van der Waals surface area contributed by atoms with E-state index in [4.69, 9.17) is 10.00 Å². The van der Waals surface area contributed by atoms with E-state index < -0.39 is 0 Å². The first-order chi connectivity index (χ1) is 14.3. The average Bonchev–Trinajstić information content (AvgIpc) is 2.78. The Bertz CT molecular complexity index is 640. The van der Waals surface area contributed by atoms with Crippen LogP contribution in [0.4, 0.5) is 0 Å². The minimum atomic E-state index is 0.619. The number of ether oxygens (including phenoxy) is 1. The number of benzene rings is 1. The minimum Gasteiger partial charge on any atom is -0.490 e. The lowest BCUT2D eigenvalue weighted by atomic mass is 9.68. The van der Waals surface area contributed by atoms with Crippen molar-refractivity contribution >= 4 is 0 Å². The molecular formula is C27H39NO. The Morgan fingerprint density at radius 3 is 2.21 bits per heavy atom. The maximum Gasteiger partial charge on any atom is 0.119 e. The molecule has 2 aliphatic rings. The van der Waals surface area contributed by atoms with E-state index in [1.54, 1.807) is 12.1 Å². The van der Waals surface area contributed by atoms with Gasteiger partial charge in [0.25, 0.3) is 0 Å². The van der Waals surface area contributed by atoms with E-state index in [1.165, 1.54) is 77.0 Å². The molecule has 1 aromatic carbocycles. The van der Waals surface area contributed by atoms with Gasteiger partial charge < -0.3 is 4.74 Å². The fraction of sp³-hybridized carbons (Fsp3) is 0.667. The highest BCUT2D eigenvalue weighted by molar-refractivity contribution is 5.34. The number of unbranched alkanes of at least 4 members (excludes halogenated alkanes) is 2. The van der Waals surface area contributed by atoms with Gasteiger partial charge in [0, 0.05) is 0 Å². The number of rotatable bonds is 9. The summed E-state index contributed by atoms with van der Waals surface area (Å²) in [5.41, 5.74) is 0.676. The summed E-state index contributed by atoms with van der Waals surface area (Å²) in [6, 6.07) is 9.49. The zero-order valence-corrected chi connectivity index (χ0v) is 18.3. The van der Waals surface area contributed by atoms with Gasteiger partial charge in [-0.15, -0.1) is 0 Å². The maximum absolute atomic E-state index is 8.84. The Morgan fingerprint density at radius 1 is 0.931 bits per heavy atom. The summed E-state index contributed by atoms with van der Waals surface area (Å²) in [6.07, 6.45) is 21.9. The normalized spacial score (nSPS) is 27.6. The summed E-state index contributed by atoms with van der Waals surface area (Å²) >= 11 is 0. The molecule has 0 spiro atoms. The number of hydrogen-bond donors (Lipinski definition) is 0. The van der Waals surface area contributed by atoms with E-state index >= 15 is 0 Å². The van der Waals surface area contributed by atoms with E-state index in [1.807, 2.05) is 12.1 Å². The molecule has 1 aromatic rings. The molecule has 0 bridgehead atoms. The smallest absolute Gasteiger partial charge is 0.119 e. The van der Waals surface area contributed by atoms with Gasteiger partial charge in [0.2, 0.25) is 0 Å². The van der Waals surface area contributed by atoms with Gasteiger partial charge in [-0.25, -0.2) is 0 Å². The third-order valence-corrected chi connectivity index (χ3v) is 7.33. The molecule has 0 aliphatic heterocycles. The molecule has 2 nitrogen and oxygen atoms in total. The fourth-order valence-corrected chi connectivity index (χ4v) is 5.46. The van der Waals surface area contributed by atoms with Crippen LogP contribution < -0.4 is 4.74 Å². The third-order valence-electron chi connectivity index (χ3n) is 7.33. The van der Waals surface area contributed by atoms with Crippen LogP contribution >= 0.6 is 0 Å². The van der Waals surface area contributed by atoms with E-state index in [-0.39, 0.29) is 0 Å². The second-order valence-corrected chi connectivity index (χ2v) is 9.33. The summed E-state index contributed by atoms with van der Waals surface area (Å²) in [4.78, 5) is 0. The molecule has 3 rings (SSSR count). The van der Waals surface area contributed by atoms with E-state index in [0.29, 0.717) is 12.2 Å². The molecule has 0 unspecified atom stereocenters. The first-order valence-corrected chi connectivity index (χ1v) is 12.1. The first-order valence-electron chi connectivity index (χ1n) is 12.1. The second kappa shape index (κ2) is 12.1. The predicted molar refractivity (Wildman–Crippen MR) is 121 cm³/mol. The van der Waals surface area contributed by atoms with Crippen LogP contribution in [-0.4, -0.2) is 6.61 Å². The Balaban J connectivity index is 1.30. The maximum atomic E-state index is 8.84. The van der Waals surface area contributed by atoms with Gasteiger partial charge in [-0.05, 0) is 86.5 Å². The van der Waals surface area contributed by atoms with Crippen molar-refractivity contribution in [2.24, 2.45) is 23.7 Å². The lowest BCUT2D eigenvalue weighted by Crippen LogP contribution is -2.25. The second-order valence-electron chi connectivity index (χ2n) is 9.33. The van der Waals surface area contributed by atoms with E-state index in [2.05, 4.69) is 25.1 Å².